The Morgan fingerprint density at radius 3 is 2.16 bits per heavy atom. The lowest BCUT2D eigenvalue weighted by molar-refractivity contribution is -0.123. The van der Waals surface area contributed by atoms with Gasteiger partial charge in [0.25, 0.3) is 0 Å². The summed E-state index contributed by atoms with van der Waals surface area (Å²) < 4.78 is 49.9. The second kappa shape index (κ2) is 12.0. The number of anilines is 1. The maximum absolute atomic E-state index is 13.4. The molecule has 2 aromatic rings. The fourth-order valence-electron chi connectivity index (χ4n) is 4.00. The van der Waals surface area contributed by atoms with E-state index in [2.05, 4.69) is 15.4 Å². The molecule has 3 rings (SSSR count). The fraction of sp³-hybridized carbons (Fsp3) is 0.500. The van der Waals surface area contributed by atoms with Gasteiger partial charge in [0.2, 0.25) is 21.7 Å². The molecule has 2 atom stereocenters. The second-order valence-electron chi connectivity index (χ2n) is 9.79. The van der Waals surface area contributed by atoms with Crippen LogP contribution in [-0.4, -0.2) is 60.4 Å². The summed E-state index contributed by atoms with van der Waals surface area (Å²) in [5.74, 6) is 0.947. The van der Waals surface area contributed by atoms with E-state index in [0.29, 0.717) is 35.1 Å². The minimum absolute atomic E-state index is 0.101. The van der Waals surface area contributed by atoms with Gasteiger partial charge in [-0.1, -0.05) is 0 Å². The number of carbonyl (C=O) groups excluding carboxylic acids is 1. The fourth-order valence-corrected chi connectivity index (χ4v) is 5.06. The quantitative estimate of drug-likeness (QED) is 0.401. The molecule has 1 heterocycles. The van der Waals surface area contributed by atoms with Crippen molar-refractivity contribution in [3.63, 3.8) is 0 Å². The van der Waals surface area contributed by atoms with Crippen molar-refractivity contribution in [2.45, 2.75) is 56.2 Å². The first-order valence-electron chi connectivity index (χ1n) is 12.1. The minimum atomic E-state index is -3.70. The van der Waals surface area contributed by atoms with Gasteiger partial charge in [-0.3, -0.25) is 4.79 Å². The van der Waals surface area contributed by atoms with Crippen LogP contribution in [0.15, 0.2) is 41.3 Å². The molecular formula is C26H37N3O7S. The van der Waals surface area contributed by atoms with Gasteiger partial charge in [0.1, 0.15) is 6.04 Å². The summed E-state index contributed by atoms with van der Waals surface area (Å²) in [6.07, 6.45) is 1.67. The Morgan fingerprint density at radius 2 is 1.68 bits per heavy atom. The molecule has 0 unspecified atom stereocenters. The van der Waals surface area contributed by atoms with Crippen LogP contribution in [0, 0.1) is 0 Å². The van der Waals surface area contributed by atoms with Crippen LogP contribution < -0.4 is 29.6 Å². The van der Waals surface area contributed by atoms with Gasteiger partial charge in [0.15, 0.2) is 11.5 Å². The maximum Gasteiger partial charge on any atom is 0.247 e. The number of carbonyl (C=O) groups is 1. The van der Waals surface area contributed by atoms with E-state index in [-0.39, 0.29) is 23.5 Å². The van der Waals surface area contributed by atoms with E-state index in [4.69, 9.17) is 18.9 Å². The van der Waals surface area contributed by atoms with Crippen LogP contribution >= 0.6 is 0 Å². The molecule has 2 aromatic carbocycles. The Morgan fingerprint density at radius 1 is 1.05 bits per heavy atom. The summed E-state index contributed by atoms with van der Waals surface area (Å²) in [6, 6.07) is 8.80. The van der Waals surface area contributed by atoms with Gasteiger partial charge in [0.05, 0.1) is 32.3 Å². The third-order valence-corrected chi connectivity index (χ3v) is 7.22. The van der Waals surface area contributed by atoms with E-state index in [1.54, 1.807) is 24.3 Å². The Balaban J connectivity index is 1.88. The molecular weight excluding hydrogens is 498 g/mol. The molecule has 11 heteroatoms. The van der Waals surface area contributed by atoms with E-state index in [1.807, 2.05) is 20.8 Å². The zero-order chi connectivity index (χ0) is 27.2. The van der Waals surface area contributed by atoms with Crippen LogP contribution in [0.1, 0.15) is 45.2 Å². The molecule has 1 aliphatic heterocycles. The van der Waals surface area contributed by atoms with Crippen molar-refractivity contribution in [2.75, 3.05) is 39.8 Å². The Bertz CT molecular complexity index is 1150. The van der Waals surface area contributed by atoms with Crippen LogP contribution in [0.25, 0.3) is 0 Å². The van der Waals surface area contributed by atoms with E-state index in [9.17, 15) is 13.2 Å². The molecule has 37 heavy (non-hydrogen) atoms. The van der Waals surface area contributed by atoms with E-state index >= 15 is 0 Å². The predicted molar refractivity (Wildman–Crippen MR) is 141 cm³/mol. The van der Waals surface area contributed by atoms with E-state index in [1.165, 1.54) is 33.5 Å². The van der Waals surface area contributed by atoms with Crippen molar-refractivity contribution in [3.05, 3.63) is 42.0 Å². The molecule has 1 fully saturated rings. The van der Waals surface area contributed by atoms with Crippen LogP contribution in [0.4, 0.5) is 5.69 Å². The normalized spacial score (nSPS) is 16.6. The maximum atomic E-state index is 13.4. The highest BCUT2D eigenvalue weighted by molar-refractivity contribution is 7.89. The molecule has 3 N–H and O–H groups in total. The Kier molecular flexibility index (Phi) is 9.27. The number of hydrogen-bond acceptors (Lipinski definition) is 8. The summed E-state index contributed by atoms with van der Waals surface area (Å²) in [5.41, 5.74) is 0.650. The van der Waals surface area contributed by atoms with Crippen LogP contribution in [0.2, 0.25) is 0 Å². The molecule has 1 aliphatic rings. The highest BCUT2D eigenvalue weighted by Crippen LogP contribution is 2.40. The summed E-state index contributed by atoms with van der Waals surface area (Å²) in [4.78, 5) is 13.5. The second-order valence-corrected chi connectivity index (χ2v) is 11.6. The zero-order valence-electron chi connectivity index (χ0n) is 22.2. The molecule has 0 radical (unpaired) electrons. The lowest BCUT2D eigenvalue weighted by Gasteiger charge is -2.27. The monoisotopic (exact) mass is 535 g/mol. The lowest BCUT2D eigenvalue weighted by Crippen LogP contribution is -2.44. The highest BCUT2D eigenvalue weighted by atomic mass is 32.2. The zero-order valence-corrected chi connectivity index (χ0v) is 23.0. The average Bonchev–Trinajstić information content (AvgIpc) is 3.38. The van der Waals surface area contributed by atoms with Gasteiger partial charge in [-0.25, -0.2) is 13.1 Å². The Hall–Kier alpha value is -3.02. The van der Waals surface area contributed by atoms with Crippen molar-refractivity contribution >= 4 is 21.6 Å². The number of benzene rings is 2. The summed E-state index contributed by atoms with van der Waals surface area (Å²) in [5, 5.41) is 6.20. The summed E-state index contributed by atoms with van der Waals surface area (Å²) in [6.45, 7) is 6.56. The van der Waals surface area contributed by atoms with Gasteiger partial charge in [0, 0.05) is 24.4 Å². The van der Waals surface area contributed by atoms with Gasteiger partial charge in [-0.15, -0.1) is 0 Å². The first kappa shape index (κ1) is 28.5. The number of methoxy groups -OCH3 is 3. The van der Waals surface area contributed by atoms with Crippen molar-refractivity contribution < 1.29 is 32.2 Å². The number of sulfonamides is 1. The SMILES string of the molecule is COc1cc([C@H](Nc2ccc(S(=O)(=O)NC[C@@H]3CCCO3)cc2)C(=O)NC(C)(C)C)cc(OC)c1OC. The number of ether oxygens (including phenoxy) is 4. The molecule has 1 amide bonds. The van der Waals surface area contributed by atoms with Crippen LogP contribution in [0.5, 0.6) is 17.2 Å². The molecule has 1 saturated heterocycles. The smallest absolute Gasteiger partial charge is 0.247 e. The van der Waals surface area contributed by atoms with Gasteiger partial charge < -0.3 is 29.6 Å². The van der Waals surface area contributed by atoms with Gasteiger partial charge in [-0.05, 0) is 75.6 Å². The minimum Gasteiger partial charge on any atom is -0.493 e. The Labute approximate surface area is 219 Å². The standard InChI is InChI=1S/C26H37N3O7S/c1-26(2,3)29-25(30)23(17-14-21(33-4)24(35-6)22(15-17)34-5)28-18-9-11-20(12-10-18)37(31,32)27-16-19-8-7-13-36-19/h9-12,14-15,19,23,27-28H,7-8,13,16H2,1-6H3,(H,29,30)/t19-,23-/m0/s1. The molecule has 0 aromatic heterocycles. The number of rotatable bonds is 11. The third kappa shape index (κ3) is 7.50. The molecule has 10 nitrogen and oxygen atoms in total. The molecule has 0 aliphatic carbocycles. The number of nitrogens with one attached hydrogen (secondary N) is 3. The summed E-state index contributed by atoms with van der Waals surface area (Å²) >= 11 is 0. The largest absolute Gasteiger partial charge is 0.493 e. The average molecular weight is 536 g/mol. The molecule has 0 saturated carbocycles. The molecule has 0 bridgehead atoms. The highest BCUT2D eigenvalue weighted by Gasteiger charge is 2.28. The number of hydrogen-bond donors (Lipinski definition) is 3. The van der Waals surface area contributed by atoms with E-state index in [0.717, 1.165) is 12.8 Å². The predicted octanol–water partition coefficient (Wildman–Crippen LogP) is 3.24. The van der Waals surface area contributed by atoms with Crippen molar-refractivity contribution in [3.8, 4) is 17.2 Å². The first-order valence-corrected chi connectivity index (χ1v) is 13.6. The topological polar surface area (TPSA) is 124 Å². The van der Waals surface area contributed by atoms with E-state index < -0.39 is 21.6 Å². The lowest BCUT2D eigenvalue weighted by atomic mass is 10.0. The van der Waals surface area contributed by atoms with Crippen molar-refractivity contribution in [2.24, 2.45) is 0 Å². The van der Waals surface area contributed by atoms with Gasteiger partial charge in [-0.2, -0.15) is 0 Å². The van der Waals surface area contributed by atoms with Crippen LogP contribution in [-0.2, 0) is 19.6 Å². The number of amides is 1. The molecule has 0 spiro atoms. The first-order chi connectivity index (χ1) is 17.5. The summed E-state index contributed by atoms with van der Waals surface area (Å²) in [7, 11) is 0.822. The van der Waals surface area contributed by atoms with Crippen molar-refractivity contribution in [1.82, 2.24) is 10.0 Å². The molecule has 204 valence electrons. The third-order valence-electron chi connectivity index (χ3n) is 5.78. The van der Waals surface area contributed by atoms with Gasteiger partial charge >= 0.3 is 0 Å². The van der Waals surface area contributed by atoms with Crippen molar-refractivity contribution in [1.29, 1.82) is 0 Å². The van der Waals surface area contributed by atoms with Crippen LogP contribution in [0.3, 0.4) is 0 Å².